The zero-order valence-corrected chi connectivity index (χ0v) is 16.2. The summed E-state index contributed by atoms with van der Waals surface area (Å²) in [4.78, 5) is 30.9. The third-order valence-corrected chi connectivity index (χ3v) is 5.44. The minimum absolute atomic E-state index is 0.0258. The largest absolute Gasteiger partial charge is 0.358 e. The van der Waals surface area contributed by atoms with Gasteiger partial charge in [0.2, 0.25) is 5.91 Å². The molecule has 1 aliphatic heterocycles. The molecule has 3 aromatic heterocycles. The van der Waals surface area contributed by atoms with E-state index in [4.69, 9.17) is 9.72 Å². The maximum atomic E-state index is 12.7. The first-order valence-corrected chi connectivity index (χ1v) is 9.92. The molecule has 29 heavy (non-hydrogen) atoms. The third-order valence-electron chi connectivity index (χ3n) is 5.44. The van der Waals surface area contributed by atoms with E-state index in [1.165, 1.54) is 0 Å². The lowest BCUT2D eigenvalue weighted by Gasteiger charge is -2.41. The second-order valence-corrected chi connectivity index (χ2v) is 7.56. The number of carbonyl (C=O) groups excluding carboxylic acids is 1. The third kappa shape index (κ3) is 3.53. The highest BCUT2D eigenvalue weighted by atomic mass is 16.5. The molecule has 3 aromatic rings. The van der Waals surface area contributed by atoms with Gasteiger partial charge in [-0.3, -0.25) is 9.78 Å². The van der Waals surface area contributed by atoms with Crippen LogP contribution in [0.25, 0.3) is 0 Å². The Hall–Kier alpha value is -3.07. The number of ether oxygens (including phenoxy) is 1. The number of amides is 1. The smallest absolute Gasteiger partial charge is 0.249 e. The first kappa shape index (κ1) is 18.0. The minimum atomic E-state index is -0.388. The number of carbonyl (C=O) groups is 1. The number of pyridine rings is 1. The number of aromatic amines is 1. The lowest BCUT2D eigenvalue weighted by molar-refractivity contribution is -0.160. The highest BCUT2D eigenvalue weighted by Crippen LogP contribution is 2.44. The molecule has 9 nitrogen and oxygen atoms in total. The summed E-state index contributed by atoms with van der Waals surface area (Å²) in [6.07, 6.45) is 9.46. The van der Waals surface area contributed by atoms with Crippen molar-refractivity contribution < 1.29 is 9.53 Å². The van der Waals surface area contributed by atoms with Crippen molar-refractivity contribution in [1.29, 1.82) is 0 Å². The van der Waals surface area contributed by atoms with Crippen LogP contribution in [0.4, 0.5) is 0 Å². The summed E-state index contributed by atoms with van der Waals surface area (Å²) < 4.78 is 7.97. The first-order chi connectivity index (χ1) is 14.2. The first-order valence-electron chi connectivity index (χ1n) is 9.92. The van der Waals surface area contributed by atoms with E-state index < -0.39 is 0 Å². The van der Waals surface area contributed by atoms with Gasteiger partial charge >= 0.3 is 0 Å². The highest BCUT2D eigenvalue weighted by molar-refractivity contribution is 5.79. The molecule has 1 saturated carbocycles. The van der Waals surface area contributed by atoms with E-state index in [1.54, 1.807) is 12.5 Å². The van der Waals surface area contributed by atoms with Gasteiger partial charge in [0, 0.05) is 43.3 Å². The van der Waals surface area contributed by atoms with Crippen LogP contribution < -0.4 is 0 Å². The van der Waals surface area contributed by atoms with Crippen molar-refractivity contribution in [3.05, 3.63) is 60.0 Å². The molecule has 1 aliphatic carbocycles. The molecular formula is C20H23N7O2. The Morgan fingerprint density at radius 2 is 2.17 bits per heavy atom. The maximum absolute atomic E-state index is 12.7. The quantitative estimate of drug-likeness (QED) is 0.685. The van der Waals surface area contributed by atoms with Crippen LogP contribution in [-0.4, -0.2) is 53.2 Å². The van der Waals surface area contributed by atoms with Crippen LogP contribution in [0.3, 0.4) is 0 Å². The van der Waals surface area contributed by atoms with Gasteiger partial charge in [-0.1, -0.05) is 6.07 Å². The molecule has 150 valence electrons. The van der Waals surface area contributed by atoms with Crippen LogP contribution in [0.2, 0.25) is 0 Å². The molecule has 9 heteroatoms. The van der Waals surface area contributed by atoms with Gasteiger partial charge in [0.1, 0.15) is 18.5 Å². The minimum Gasteiger partial charge on any atom is -0.358 e. The maximum Gasteiger partial charge on any atom is 0.249 e. The predicted octanol–water partition coefficient (Wildman–Crippen LogP) is 1.75. The number of rotatable bonds is 6. The zero-order chi connectivity index (χ0) is 19.8. The van der Waals surface area contributed by atoms with Crippen molar-refractivity contribution in [3.8, 4) is 0 Å². The molecule has 2 aliphatic rings. The summed E-state index contributed by atoms with van der Waals surface area (Å²) >= 11 is 0. The van der Waals surface area contributed by atoms with Crippen molar-refractivity contribution in [2.45, 2.75) is 50.9 Å². The Balaban J connectivity index is 1.50. The van der Waals surface area contributed by atoms with Crippen molar-refractivity contribution in [1.82, 2.24) is 34.6 Å². The Morgan fingerprint density at radius 3 is 2.90 bits per heavy atom. The van der Waals surface area contributed by atoms with Gasteiger partial charge < -0.3 is 14.6 Å². The zero-order valence-electron chi connectivity index (χ0n) is 16.2. The Labute approximate surface area is 168 Å². The fourth-order valence-electron chi connectivity index (χ4n) is 4.01. The van der Waals surface area contributed by atoms with E-state index in [0.717, 1.165) is 36.3 Å². The topological polar surface area (TPSA) is 102 Å². The number of morpholine rings is 1. The van der Waals surface area contributed by atoms with Gasteiger partial charge in [0.05, 0.1) is 12.4 Å². The van der Waals surface area contributed by atoms with Gasteiger partial charge in [-0.25, -0.2) is 14.6 Å². The molecule has 2 fully saturated rings. The molecular weight excluding hydrogens is 370 g/mol. The Kier molecular flexibility index (Phi) is 4.59. The number of hydrogen-bond acceptors (Lipinski definition) is 6. The second-order valence-electron chi connectivity index (χ2n) is 7.56. The lowest BCUT2D eigenvalue weighted by Crippen LogP contribution is -2.47. The molecule has 0 bridgehead atoms. The van der Waals surface area contributed by atoms with Crippen LogP contribution in [-0.2, 0) is 22.5 Å². The average molecular weight is 393 g/mol. The number of nitrogens with one attached hydrogen (secondary N) is 1. The molecule has 1 saturated heterocycles. The van der Waals surface area contributed by atoms with Crippen molar-refractivity contribution in [2.24, 2.45) is 0 Å². The van der Waals surface area contributed by atoms with Gasteiger partial charge in [-0.05, 0) is 31.4 Å². The van der Waals surface area contributed by atoms with Crippen LogP contribution in [0.15, 0.2) is 37.1 Å². The number of nitrogens with zero attached hydrogens (tertiary/aromatic N) is 6. The van der Waals surface area contributed by atoms with E-state index in [0.29, 0.717) is 12.4 Å². The van der Waals surface area contributed by atoms with Crippen LogP contribution in [0, 0.1) is 6.92 Å². The van der Waals surface area contributed by atoms with Crippen LogP contribution in [0.5, 0.6) is 0 Å². The van der Waals surface area contributed by atoms with E-state index in [2.05, 4.69) is 20.1 Å². The number of imidazole rings is 1. The summed E-state index contributed by atoms with van der Waals surface area (Å²) in [7, 11) is 0. The monoisotopic (exact) mass is 393 g/mol. The van der Waals surface area contributed by atoms with Gasteiger partial charge in [0.25, 0.3) is 0 Å². The van der Waals surface area contributed by atoms with E-state index in [1.807, 2.05) is 41.0 Å². The van der Waals surface area contributed by atoms with Gasteiger partial charge in [-0.2, -0.15) is 5.10 Å². The molecule has 1 amide bonds. The average Bonchev–Trinajstić information content (AvgIpc) is 3.30. The van der Waals surface area contributed by atoms with Crippen molar-refractivity contribution in [3.63, 3.8) is 0 Å². The number of aromatic nitrogens is 6. The van der Waals surface area contributed by atoms with E-state index in [9.17, 15) is 4.79 Å². The summed E-state index contributed by atoms with van der Waals surface area (Å²) in [6, 6.07) is 3.90. The molecule has 1 N–H and O–H groups in total. The fraction of sp³-hybridized carbons (Fsp3) is 0.450. The van der Waals surface area contributed by atoms with Gasteiger partial charge in [0.15, 0.2) is 5.82 Å². The van der Waals surface area contributed by atoms with Crippen LogP contribution in [0.1, 0.15) is 47.9 Å². The molecule has 0 aromatic carbocycles. The molecule has 0 unspecified atom stereocenters. The van der Waals surface area contributed by atoms with Crippen LogP contribution >= 0.6 is 0 Å². The van der Waals surface area contributed by atoms with E-state index in [-0.39, 0.29) is 30.7 Å². The Bertz CT molecular complexity index is 982. The lowest BCUT2D eigenvalue weighted by atomic mass is 9.98. The molecule has 4 heterocycles. The highest BCUT2D eigenvalue weighted by Gasteiger charge is 2.47. The number of H-pyrrole nitrogens is 1. The standard InChI is InChI=1S/C20H23N7O2/c1-13-24-20(26(25-13)8-6-15-10-22-12-23-15)19-18(14-3-2-7-21-9-14)27(16-4-5-16)17(28)11-29-19/h2-3,7,9-10,12,16,18-19H,4-6,8,11H2,1H3,(H,22,23)/t18-,19+/m1/s1. The summed E-state index contributed by atoms with van der Waals surface area (Å²) in [5.74, 6) is 1.46. The second kappa shape index (κ2) is 7.40. The SMILES string of the molecule is Cc1nc([C@H]2OCC(=O)N(C3CC3)[C@@H]2c2cccnc2)n(CCc2cnc[nH]2)n1. The number of hydrogen-bond donors (Lipinski definition) is 1. The molecule has 0 spiro atoms. The number of aryl methyl sites for hydroxylation is 3. The Morgan fingerprint density at radius 1 is 1.28 bits per heavy atom. The normalized spacial score (nSPS) is 22.2. The summed E-state index contributed by atoms with van der Waals surface area (Å²) in [5.41, 5.74) is 1.99. The van der Waals surface area contributed by atoms with Crippen molar-refractivity contribution >= 4 is 5.91 Å². The molecule has 5 rings (SSSR count). The van der Waals surface area contributed by atoms with Gasteiger partial charge in [-0.15, -0.1) is 0 Å². The molecule has 2 atom stereocenters. The summed E-state index contributed by atoms with van der Waals surface area (Å²) in [5, 5.41) is 4.59. The van der Waals surface area contributed by atoms with E-state index >= 15 is 0 Å². The summed E-state index contributed by atoms with van der Waals surface area (Å²) in [6.45, 7) is 2.58. The van der Waals surface area contributed by atoms with Crippen molar-refractivity contribution in [2.75, 3.05) is 6.61 Å². The predicted molar refractivity (Wildman–Crippen MR) is 103 cm³/mol. The fourth-order valence-corrected chi connectivity index (χ4v) is 4.01. The molecule has 0 radical (unpaired) electrons.